The molecular weight excluding hydrogens is 213 g/mol. The van der Waals surface area contributed by atoms with Crippen LogP contribution in [0.1, 0.15) is 19.4 Å². The normalized spacial score (nSPS) is 13.2. The Bertz CT molecular complexity index is 325. The van der Waals surface area contributed by atoms with Gasteiger partial charge in [-0.05, 0) is 42.5 Å². The van der Waals surface area contributed by atoms with E-state index < -0.39 is 0 Å². The molecule has 1 rings (SSSR count). The van der Waals surface area contributed by atoms with Crippen molar-refractivity contribution in [2.75, 3.05) is 6.54 Å². The number of nitrogens with two attached hydrogens (primary N) is 1. The first-order chi connectivity index (χ1) is 7.04. The van der Waals surface area contributed by atoms with E-state index >= 15 is 0 Å². The van der Waals surface area contributed by atoms with Crippen molar-refractivity contribution >= 4 is 11.6 Å². The SMILES string of the molecule is CC(C)C(CN)Cc1ccc(F)cc1Cl. The van der Waals surface area contributed by atoms with Gasteiger partial charge in [0.1, 0.15) is 5.82 Å². The van der Waals surface area contributed by atoms with Gasteiger partial charge in [-0.2, -0.15) is 0 Å². The molecule has 0 saturated heterocycles. The van der Waals surface area contributed by atoms with E-state index in [1.165, 1.54) is 12.1 Å². The van der Waals surface area contributed by atoms with Crippen LogP contribution in [0, 0.1) is 17.7 Å². The maximum absolute atomic E-state index is 12.8. The summed E-state index contributed by atoms with van der Waals surface area (Å²) in [5, 5.41) is 0.495. The highest BCUT2D eigenvalue weighted by atomic mass is 35.5. The van der Waals surface area contributed by atoms with Gasteiger partial charge in [-0.3, -0.25) is 0 Å². The fraction of sp³-hybridized carbons (Fsp3) is 0.500. The van der Waals surface area contributed by atoms with E-state index in [4.69, 9.17) is 17.3 Å². The first-order valence-corrected chi connectivity index (χ1v) is 5.56. The van der Waals surface area contributed by atoms with Crippen LogP contribution in [0.25, 0.3) is 0 Å². The molecule has 1 aromatic rings. The van der Waals surface area contributed by atoms with Crippen molar-refractivity contribution < 1.29 is 4.39 Å². The molecule has 0 aliphatic heterocycles. The third kappa shape index (κ3) is 3.47. The lowest BCUT2D eigenvalue weighted by Gasteiger charge is -2.19. The molecule has 1 atom stereocenters. The number of halogens is 2. The van der Waals surface area contributed by atoms with Crippen molar-refractivity contribution in [1.82, 2.24) is 0 Å². The van der Waals surface area contributed by atoms with Gasteiger partial charge in [0.25, 0.3) is 0 Å². The molecule has 0 aliphatic carbocycles. The third-order valence-electron chi connectivity index (χ3n) is 2.74. The molecule has 0 spiro atoms. The Morgan fingerprint density at radius 3 is 2.53 bits per heavy atom. The lowest BCUT2D eigenvalue weighted by Crippen LogP contribution is -2.22. The van der Waals surface area contributed by atoms with Crippen LogP contribution >= 0.6 is 11.6 Å². The smallest absolute Gasteiger partial charge is 0.124 e. The number of hydrogen-bond acceptors (Lipinski definition) is 1. The lowest BCUT2D eigenvalue weighted by molar-refractivity contribution is 0.392. The monoisotopic (exact) mass is 229 g/mol. The average molecular weight is 230 g/mol. The zero-order chi connectivity index (χ0) is 11.4. The molecule has 0 aliphatic rings. The van der Waals surface area contributed by atoms with Gasteiger partial charge < -0.3 is 5.73 Å². The van der Waals surface area contributed by atoms with Crippen LogP contribution in [0.15, 0.2) is 18.2 Å². The van der Waals surface area contributed by atoms with Crippen LogP contribution in [0.4, 0.5) is 4.39 Å². The molecule has 15 heavy (non-hydrogen) atoms. The van der Waals surface area contributed by atoms with Gasteiger partial charge >= 0.3 is 0 Å². The average Bonchev–Trinajstić information content (AvgIpc) is 2.16. The molecule has 0 bridgehead atoms. The predicted molar refractivity (Wildman–Crippen MR) is 62.5 cm³/mol. The Hall–Kier alpha value is -0.600. The van der Waals surface area contributed by atoms with Gasteiger partial charge in [-0.1, -0.05) is 31.5 Å². The molecule has 1 aromatic carbocycles. The van der Waals surface area contributed by atoms with Crippen LogP contribution < -0.4 is 5.73 Å². The lowest BCUT2D eigenvalue weighted by atomic mass is 9.89. The second-order valence-corrected chi connectivity index (χ2v) is 4.59. The summed E-state index contributed by atoms with van der Waals surface area (Å²) in [6.45, 7) is 4.90. The van der Waals surface area contributed by atoms with E-state index in [9.17, 15) is 4.39 Å². The van der Waals surface area contributed by atoms with Crippen molar-refractivity contribution in [3.05, 3.63) is 34.6 Å². The molecule has 0 heterocycles. The molecular formula is C12H17ClFN. The zero-order valence-electron chi connectivity index (χ0n) is 9.13. The molecule has 0 amide bonds. The Balaban J connectivity index is 2.79. The van der Waals surface area contributed by atoms with Gasteiger partial charge in [0.05, 0.1) is 0 Å². The van der Waals surface area contributed by atoms with E-state index in [1.54, 1.807) is 6.07 Å². The standard InChI is InChI=1S/C12H17ClFN/c1-8(2)10(7-15)5-9-3-4-11(14)6-12(9)13/h3-4,6,8,10H,5,7,15H2,1-2H3. The highest BCUT2D eigenvalue weighted by molar-refractivity contribution is 6.31. The van der Waals surface area contributed by atoms with E-state index in [2.05, 4.69) is 13.8 Å². The van der Waals surface area contributed by atoms with Crippen molar-refractivity contribution in [3.63, 3.8) is 0 Å². The maximum Gasteiger partial charge on any atom is 0.124 e. The summed E-state index contributed by atoms with van der Waals surface area (Å²) < 4.78 is 12.8. The number of rotatable bonds is 4. The Morgan fingerprint density at radius 1 is 1.40 bits per heavy atom. The van der Waals surface area contributed by atoms with Crippen LogP contribution in [-0.4, -0.2) is 6.54 Å². The minimum Gasteiger partial charge on any atom is -0.330 e. The topological polar surface area (TPSA) is 26.0 Å². The van der Waals surface area contributed by atoms with Gasteiger partial charge in [0, 0.05) is 5.02 Å². The van der Waals surface area contributed by atoms with Crippen LogP contribution in [0.5, 0.6) is 0 Å². The molecule has 0 aromatic heterocycles. The van der Waals surface area contributed by atoms with Crippen molar-refractivity contribution in [1.29, 1.82) is 0 Å². The highest BCUT2D eigenvalue weighted by Crippen LogP contribution is 2.23. The first-order valence-electron chi connectivity index (χ1n) is 5.18. The molecule has 0 radical (unpaired) electrons. The van der Waals surface area contributed by atoms with E-state index in [0.717, 1.165) is 12.0 Å². The summed E-state index contributed by atoms with van der Waals surface area (Å²) in [6.07, 6.45) is 0.813. The highest BCUT2D eigenvalue weighted by Gasteiger charge is 2.14. The Morgan fingerprint density at radius 2 is 2.07 bits per heavy atom. The second kappa shape index (κ2) is 5.47. The molecule has 1 unspecified atom stereocenters. The Kier molecular flexibility index (Phi) is 4.55. The van der Waals surface area contributed by atoms with Crippen molar-refractivity contribution in [2.24, 2.45) is 17.6 Å². The predicted octanol–water partition coefficient (Wildman–Crippen LogP) is 3.25. The third-order valence-corrected chi connectivity index (χ3v) is 3.09. The second-order valence-electron chi connectivity index (χ2n) is 4.18. The zero-order valence-corrected chi connectivity index (χ0v) is 9.89. The summed E-state index contributed by atoms with van der Waals surface area (Å²) in [7, 11) is 0. The summed E-state index contributed by atoms with van der Waals surface area (Å²) in [6, 6.07) is 4.53. The summed E-state index contributed by atoms with van der Waals surface area (Å²) in [4.78, 5) is 0. The van der Waals surface area contributed by atoms with Gasteiger partial charge in [0.2, 0.25) is 0 Å². The van der Waals surface area contributed by atoms with Crippen LogP contribution in [0.2, 0.25) is 5.02 Å². The number of hydrogen-bond donors (Lipinski definition) is 1. The molecule has 0 saturated carbocycles. The fourth-order valence-corrected chi connectivity index (χ4v) is 1.81. The molecule has 2 N–H and O–H groups in total. The number of benzene rings is 1. The quantitative estimate of drug-likeness (QED) is 0.843. The van der Waals surface area contributed by atoms with Crippen LogP contribution in [0.3, 0.4) is 0 Å². The van der Waals surface area contributed by atoms with Gasteiger partial charge in [-0.15, -0.1) is 0 Å². The van der Waals surface area contributed by atoms with Gasteiger partial charge in [-0.25, -0.2) is 4.39 Å². The molecule has 0 fully saturated rings. The van der Waals surface area contributed by atoms with E-state index in [1.807, 2.05) is 0 Å². The largest absolute Gasteiger partial charge is 0.330 e. The molecule has 84 valence electrons. The van der Waals surface area contributed by atoms with Crippen molar-refractivity contribution in [2.45, 2.75) is 20.3 Å². The van der Waals surface area contributed by atoms with Crippen LogP contribution in [-0.2, 0) is 6.42 Å². The van der Waals surface area contributed by atoms with Crippen molar-refractivity contribution in [3.8, 4) is 0 Å². The summed E-state index contributed by atoms with van der Waals surface area (Å²) in [5.41, 5.74) is 6.66. The van der Waals surface area contributed by atoms with E-state index in [-0.39, 0.29) is 5.82 Å². The summed E-state index contributed by atoms with van der Waals surface area (Å²) >= 11 is 5.95. The minimum absolute atomic E-state index is 0.294. The summed E-state index contributed by atoms with van der Waals surface area (Å²) in [5.74, 6) is 0.613. The van der Waals surface area contributed by atoms with Gasteiger partial charge in [0.15, 0.2) is 0 Å². The molecule has 1 nitrogen and oxygen atoms in total. The fourth-order valence-electron chi connectivity index (χ4n) is 1.56. The first kappa shape index (κ1) is 12.5. The maximum atomic E-state index is 12.8. The van der Waals surface area contributed by atoms with E-state index in [0.29, 0.717) is 23.4 Å². The minimum atomic E-state index is -0.294. The molecule has 3 heteroatoms. The Labute approximate surface area is 95.4 Å².